The van der Waals surface area contributed by atoms with E-state index in [-0.39, 0.29) is 0 Å². The smallest absolute Gasteiger partial charge is 0.279 e. The second-order valence-corrected chi connectivity index (χ2v) is 8.22. The van der Waals surface area contributed by atoms with E-state index in [1.807, 2.05) is 0 Å². The zero-order valence-corrected chi connectivity index (χ0v) is 13.9. The lowest BCUT2D eigenvalue weighted by Crippen LogP contribution is -2.48. The average Bonchev–Trinajstić information content (AvgIpc) is 2.90. The van der Waals surface area contributed by atoms with E-state index in [1.165, 1.54) is 0 Å². The number of hydrogen-bond acceptors (Lipinski definition) is 4. The minimum absolute atomic E-state index is 0.329. The van der Waals surface area contributed by atoms with Crippen LogP contribution in [-0.2, 0) is 19.7 Å². The van der Waals surface area contributed by atoms with E-state index in [1.54, 1.807) is 4.31 Å². The summed E-state index contributed by atoms with van der Waals surface area (Å²) in [5.74, 6) is 1.30. The maximum absolute atomic E-state index is 12.2. The molecule has 1 N–H and O–H groups in total. The van der Waals surface area contributed by atoms with Gasteiger partial charge in [-0.05, 0) is 24.7 Å². The first-order valence-corrected chi connectivity index (χ1v) is 9.31. The lowest BCUT2D eigenvalue weighted by Gasteiger charge is -2.33. The van der Waals surface area contributed by atoms with E-state index in [0.29, 0.717) is 50.6 Å². The van der Waals surface area contributed by atoms with Crippen LogP contribution in [0.3, 0.4) is 0 Å². The zero-order valence-electron chi connectivity index (χ0n) is 13.1. The van der Waals surface area contributed by atoms with E-state index >= 15 is 0 Å². The van der Waals surface area contributed by atoms with Crippen LogP contribution in [0.2, 0.25) is 0 Å². The molecule has 3 atom stereocenters. The van der Waals surface area contributed by atoms with Crippen LogP contribution in [0.4, 0.5) is 0 Å². The van der Waals surface area contributed by atoms with Gasteiger partial charge >= 0.3 is 0 Å². The second kappa shape index (κ2) is 7.87. The van der Waals surface area contributed by atoms with Gasteiger partial charge in [0.25, 0.3) is 10.2 Å². The summed E-state index contributed by atoms with van der Waals surface area (Å²) >= 11 is 0. The van der Waals surface area contributed by atoms with E-state index in [0.717, 1.165) is 26.1 Å². The first kappa shape index (κ1) is 17.1. The van der Waals surface area contributed by atoms with Gasteiger partial charge in [-0.15, -0.1) is 0 Å². The molecule has 6 nitrogen and oxygen atoms in total. The fourth-order valence-electron chi connectivity index (χ4n) is 3.10. The summed E-state index contributed by atoms with van der Waals surface area (Å²) in [5, 5.41) is 0. The van der Waals surface area contributed by atoms with Gasteiger partial charge in [-0.25, -0.2) is 0 Å². The van der Waals surface area contributed by atoms with Crippen LogP contribution in [0.25, 0.3) is 0 Å². The molecule has 0 amide bonds. The Morgan fingerprint density at radius 3 is 2.62 bits per heavy atom. The number of nitrogens with zero attached hydrogens (tertiary/aromatic N) is 1. The molecule has 0 bridgehead atoms. The first-order chi connectivity index (χ1) is 9.97. The molecule has 0 aromatic heterocycles. The molecule has 2 aliphatic heterocycles. The average molecular weight is 320 g/mol. The minimum Gasteiger partial charge on any atom is -0.381 e. The third kappa shape index (κ3) is 5.49. The van der Waals surface area contributed by atoms with Crippen molar-refractivity contribution < 1.29 is 17.9 Å². The summed E-state index contributed by atoms with van der Waals surface area (Å²) in [6.07, 6.45) is 2.13. The molecule has 124 valence electrons. The van der Waals surface area contributed by atoms with Gasteiger partial charge in [0.1, 0.15) is 0 Å². The van der Waals surface area contributed by atoms with Crippen molar-refractivity contribution >= 4 is 10.2 Å². The topological polar surface area (TPSA) is 67.9 Å². The predicted octanol–water partition coefficient (Wildman–Crippen LogP) is 0.852. The van der Waals surface area contributed by atoms with Gasteiger partial charge in [-0.1, -0.05) is 13.8 Å². The van der Waals surface area contributed by atoms with Crippen LogP contribution >= 0.6 is 0 Å². The number of rotatable bonds is 7. The predicted molar refractivity (Wildman–Crippen MR) is 81.2 cm³/mol. The van der Waals surface area contributed by atoms with E-state index < -0.39 is 10.2 Å². The zero-order chi connectivity index (χ0) is 15.3. The minimum atomic E-state index is -3.37. The maximum atomic E-state index is 12.2. The molecule has 0 aromatic carbocycles. The highest BCUT2D eigenvalue weighted by molar-refractivity contribution is 7.87. The summed E-state index contributed by atoms with van der Waals surface area (Å²) in [6.45, 7) is 8.39. The normalized spacial score (nSPS) is 31.6. The lowest BCUT2D eigenvalue weighted by molar-refractivity contribution is 0.0931. The molecule has 0 aliphatic carbocycles. The molecule has 0 saturated carbocycles. The van der Waals surface area contributed by atoms with Crippen LogP contribution in [0.1, 0.15) is 26.7 Å². The highest BCUT2D eigenvalue weighted by atomic mass is 32.2. The van der Waals surface area contributed by atoms with Crippen molar-refractivity contribution in [3.8, 4) is 0 Å². The van der Waals surface area contributed by atoms with Crippen molar-refractivity contribution in [1.29, 1.82) is 0 Å². The Bertz CT molecular complexity index is 399. The van der Waals surface area contributed by atoms with Crippen molar-refractivity contribution in [3.63, 3.8) is 0 Å². The molecule has 0 spiro atoms. The first-order valence-electron chi connectivity index (χ1n) is 7.87. The highest BCUT2D eigenvalue weighted by Crippen LogP contribution is 2.22. The largest absolute Gasteiger partial charge is 0.381 e. The Kier molecular flexibility index (Phi) is 6.43. The molecule has 2 saturated heterocycles. The molecule has 2 aliphatic rings. The van der Waals surface area contributed by atoms with Gasteiger partial charge in [-0.2, -0.15) is 17.4 Å². The van der Waals surface area contributed by atoms with Gasteiger partial charge in [0.15, 0.2) is 0 Å². The monoisotopic (exact) mass is 320 g/mol. The highest BCUT2D eigenvalue weighted by Gasteiger charge is 2.29. The van der Waals surface area contributed by atoms with Crippen LogP contribution in [-0.4, -0.2) is 58.8 Å². The van der Waals surface area contributed by atoms with Gasteiger partial charge in [0, 0.05) is 32.2 Å². The lowest BCUT2D eigenvalue weighted by atomic mass is 9.94. The molecule has 2 heterocycles. The Balaban J connectivity index is 1.66. The maximum Gasteiger partial charge on any atom is 0.279 e. The van der Waals surface area contributed by atoms with Crippen molar-refractivity contribution in [2.45, 2.75) is 26.7 Å². The van der Waals surface area contributed by atoms with Gasteiger partial charge in [0.2, 0.25) is 0 Å². The summed E-state index contributed by atoms with van der Waals surface area (Å²) in [4.78, 5) is 0. The van der Waals surface area contributed by atoms with Crippen molar-refractivity contribution in [2.24, 2.45) is 17.8 Å². The summed E-state index contributed by atoms with van der Waals surface area (Å²) in [7, 11) is -3.37. The summed E-state index contributed by atoms with van der Waals surface area (Å²) < 4.78 is 39.5. The molecule has 2 fully saturated rings. The Labute approximate surface area is 128 Å². The molecule has 2 rings (SSSR count). The third-order valence-corrected chi connectivity index (χ3v) is 5.63. The molecule has 21 heavy (non-hydrogen) atoms. The van der Waals surface area contributed by atoms with Crippen LogP contribution in [0.5, 0.6) is 0 Å². The molecular weight excluding hydrogens is 292 g/mol. The van der Waals surface area contributed by atoms with Gasteiger partial charge < -0.3 is 9.47 Å². The third-order valence-electron chi connectivity index (χ3n) is 4.08. The quantitative estimate of drug-likeness (QED) is 0.706. The molecule has 3 unspecified atom stereocenters. The molecular formula is C14H28N2O4S. The fourth-order valence-corrected chi connectivity index (χ4v) is 4.53. The SMILES string of the molecule is CC1CC(C)CN(S(=O)(=O)NCCOCC2CCOC2)C1. The molecule has 0 aromatic rings. The van der Waals surface area contributed by atoms with E-state index in [2.05, 4.69) is 18.6 Å². The van der Waals surface area contributed by atoms with Crippen LogP contribution in [0, 0.1) is 17.8 Å². The number of piperidine rings is 1. The molecule has 0 radical (unpaired) electrons. The van der Waals surface area contributed by atoms with Crippen molar-refractivity contribution in [1.82, 2.24) is 9.03 Å². The Hall–Kier alpha value is -0.210. The van der Waals surface area contributed by atoms with Gasteiger partial charge in [0.05, 0.1) is 19.8 Å². The van der Waals surface area contributed by atoms with Crippen molar-refractivity contribution in [2.75, 3.05) is 46.1 Å². The Morgan fingerprint density at radius 2 is 2.00 bits per heavy atom. The number of hydrogen-bond donors (Lipinski definition) is 1. The second-order valence-electron chi connectivity index (χ2n) is 6.47. The van der Waals surface area contributed by atoms with Crippen molar-refractivity contribution in [3.05, 3.63) is 0 Å². The fraction of sp³-hybridized carbons (Fsp3) is 1.00. The standard InChI is InChI=1S/C14H28N2O4S/c1-12-7-13(2)9-16(8-12)21(17,18)15-4-6-20-11-14-3-5-19-10-14/h12-15H,3-11H2,1-2H3. The molecule has 7 heteroatoms. The van der Waals surface area contributed by atoms with Crippen LogP contribution in [0.15, 0.2) is 0 Å². The summed E-state index contributed by atoms with van der Waals surface area (Å²) in [5.41, 5.74) is 0. The number of ether oxygens (including phenoxy) is 2. The Morgan fingerprint density at radius 1 is 1.29 bits per heavy atom. The number of nitrogens with one attached hydrogen (secondary N) is 1. The summed E-state index contributed by atoms with van der Waals surface area (Å²) in [6, 6.07) is 0. The van der Waals surface area contributed by atoms with E-state index in [4.69, 9.17) is 9.47 Å². The van der Waals surface area contributed by atoms with Crippen LogP contribution < -0.4 is 4.72 Å². The van der Waals surface area contributed by atoms with E-state index in [9.17, 15) is 8.42 Å². The van der Waals surface area contributed by atoms with Gasteiger partial charge in [-0.3, -0.25) is 0 Å².